The summed E-state index contributed by atoms with van der Waals surface area (Å²) in [6.45, 7) is 6.56. The summed E-state index contributed by atoms with van der Waals surface area (Å²) in [7, 11) is 0. The molecule has 98 valence electrons. The smallest absolute Gasteiger partial charge is 0.253 e. The van der Waals surface area contributed by atoms with Gasteiger partial charge in [0.2, 0.25) is 0 Å². The number of piperidine rings is 1. The van der Waals surface area contributed by atoms with Crippen LogP contribution in [0.15, 0.2) is 24.3 Å². The lowest BCUT2D eigenvalue weighted by Crippen LogP contribution is -2.37. The minimum absolute atomic E-state index is 0.128. The van der Waals surface area contributed by atoms with E-state index in [4.69, 9.17) is 4.74 Å². The molecule has 1 aromatic rings. The molecule has 1 aliphatic rings. The number of carbonyl (C=O) groups is 1. The molecule has 0 saturated carbocycles. The number of ether oxygens (including phenoxy) is 1. The van der Waals surface area contributed by atoms with Gasteiger partial charge in [0.05, 0.1) is 6.61 Å². The van der Waals surface area contributed by atoms with Crippen molar-refractivity contribution in [1.29, 1.82) is 0 Å². The number of hydrogen-bond donors (Lipinski definition) is 0. The SMILES string of the molecule is CCOc1cccc(C(=O)N2CCC(C)CC2)c1. The van der Waals surface area contributed by atoms with E-state index in [1.807, 2.05) is 36.1 Å². The van der Waals surface area contributed by atoms with Crippen LogP contribution in [0.4, 0.5) is 0 Å². The Balaban J connectivity index is 2.06. The molecule has 0 aromatic heterocycles. The van der Waals surface area contributed by atoms with Gasteiger partial charge in [-0.2, -0.15) is 0 Å². The summed E-state index contributed by atoms with van der Waals surface area (Å²) >= 11 is 0. The highest BCUT2D eigenvalue weighted by atomic mass is 16.5. The number of nitrogens with zero attached hydrogens (tertiary/aromatic N) is 1. The number of amides is 1. The van der Waals surface area contributed by atoms with Gasteiger partial charge in [-0.3, -0.25) is 4.79 Å². The Morgan fingerprint density at radius 1 is 1.39 bits per heavy atom. The number of rotatable bonds is 3. The fourth-order valence-electron chi connectivity index (χ4n) is 2.28. The molecular formula is C15H21NO2. The first-order valence-electron chi connectivity index (χ1n) is 6.73. The fourth-order valence-corrected chi connectivity index (χ4v) is 2.28. The lowest BCUT2D eigenvalue weighted by molar-refractivity contribution is 0.0697. The molecule has 0 aliphatic carbocycles. The monoisotopic (exact) mass is 247 g/mol. The first-order chi connectivity index (χ1) is 8.70. The zero-order valence-electron chi connectivity index (χ0n) is 11.2. The number of carbonyl (C=O) groups excluding carboxylic acids is 1. The van der Waals surface area contributed by atoms with Crippen molar-refractivity contribution in [3.63, 3.8) is 0 Å². The van der Waals surface area contributed by atoms with Gasteiger partial charge in [0.25, 0.3) is 5.91 Å². The van der Waals surface area contributed by atoms with Crippen LogP contribution >= 0.6 is 0 Å². The Morgan fingerprint density at radius 2 is 2.11 bits per heavy atom. The lowest BCUT2D eigenvalue weighted by Gasteiger charge is -2.30. The highest BCUT2D eigenvalue weighted by molar-refractivity contribution is 5.94. The lowest BCUT2D eigenvalue weighted by atomic mass is 9.98. The van der Waals surface area contributed by atoms with E-state index < -0.39 is 0 Å². The van der Waals surface area contributed by atoms with Crippen LogP contribution in [-0.4, -0.2) is 30.5 Å². The van der Waals surface area contributed by atoms with E-state index in [1.54, 1.807) is 0 Å². The summed E-state index contributed by atoms with van der Waals surface area (Å²) in [6.07, 6.45) is 2.22. The van der Waals surface area contributed by atoms with Crippen LogP contribution in [0.1, 0.15) is 37.0 Å². The molecule has 18 heavy (non-hydrogen) atoms. The third-order valence-electron chi connectivity index (χ3n) is 3.46. The zero-order chi connectivity index (χ0) is 13.0. The topological polar surface area (TPSA) is 29.5 Å². The van der Waals surface area contributed by atoms with E-state index in [0.717, 1.165) is 43.2 Å². The molecule has 0 atom stereocenters. The Labute approximate surface area is 109 Å². The molecule has 1 aromatic carbocycles. The first-order valence-corrected chi connectivity index (χ1v) is 6.73. The molecule has 0 unspecified atom stereocenters. The van der Waals surface area contributed by atoms with Crippen molar-refractivity contribution in [3.05, 3.63) is 29.8 Å². The third-order valence-corrected chi connectivity index (χ3v) is 3.46. The van der Waals surface area contributed by atoms with Crippen LogP contribution in [0, 0.1) is 5.92 Å². The summed E-state index contributed by atoms with van der Waals surface area (Å²) in [6, 6.07) is 7.47. The average molecular weight is 247 g/mol. The molecule has 0 N–H and O–H groups in total. The van der Waals surface area contributed by atoms with Gasteiger partial charge >= 0.3 is 0 Å². The van der Waals surface area contributed by atoms with Crippen molar-refractivity contribution < 1.29 is 9.53 Å². The van der Waals surface area contributed by atoms with Crippen LogP contribution < -0.4 is 4.74 Å². The number of likely N-dealkylation sites (tertiary alicyclic amines) is 1. The predicted octanol–water partition coefficient (Wildman–Crippen LogP) is 2.96. The standard InChI is InChI=1S/C15H21NO2/c1-3-18-14-6-4-5-13(11-14)15(17)16-9-7-12(2)8-10-16/h4-6,11-12H,3,7-10H2,1-2H3. The Hall–Kier alpha value is -1.51. The molecule has 1 heterocycles. The van der Waals surface area contributed by atoms with E-state index >= 15 is 0 Å². The summed E-state index contributed by atoms with van der Waals surface area (Å²) < 4.78 is 5.43. The van der Waals surface area contributed by atoms with Crippen LogP contribution in [0.25, 0.3) is 0 Å². The molecule has 1 saturated heterocycles. The van der Waals surface area contributed by atoms with E-state index in [-0.39, 0.29) is 5.91 Å². The van der Waals surface area contributed by atoms with E-state index in [1.165, 1.54) is 0 Å². The number of benzene rings is 1. The van der Waals surface area contributed by atoms with E-state index in [9.17, 15) is 4.79 Å². The molecule has 1 fully saturated rings. The molecule has 0 bridgehead atoms. The normalized spacial score (nSPS) is 16.7. The second-order valence-electron chi connectivity index (χ2n) is 4.94. The fraction of sp³-hybridized carbons (Fsp3) is 0.533. The van der Waals surface area contributed by atoms with Gasteiger partial charge in [0.1, 0.15) is 5.75 Å². The van der Waals surface area contributed by atoms with Crippen LogP contribution in [-0.2, 0) is 0 Å². The maximum absolute atomic E-state index is 12.3. The average Bonchev–Trinajstić information content (AvgIpc) is 2.39. The van der Waals surface area contributed by atoms with Gasteiger partial charge in [-0.05, 0) is 43.9 Å². The molecule has 2 rings (SSSR count). The summed E-state index contributed by atoms with van der Waals surface area (Å²) in [5, 5.41) is 0. The Kier molecular flexibility index (Phi) is 4.24. The minimum Gasteiger partial charge on any atom is -0.494 e. The predicted molar refractivity (Wildman–Crippen MR) is 71.9 cm³/mol. The quantitative estimate of drug-likeness (QED) is 0.822. The zero-order valence-corrected chi connectivity index (χ0v) is 11.2. The maximum atomic E-state index is 12.3. The minimum atomic E-state index is 0.128. The van der Waals surface area contributed by atoms with Crippen LogP contribution in [0.3, 0.4) is 0 Å². The van der Waals surface area contributed by atoms with Gasteiger partial charge in [0.15, 0.2) is 0 Å². The van der Waals surface area contributed by atoms with Crippen LogP contribution in [0.2, 0.25) is 0 Å². The van der Waals surface area contributed by atoms with E-state index in [0.29, 0.717) is 6.61 Å². The van der Waals surface area contributed by atoms with Gasteiger partial charge in [-0.25, -0.2) is 0 Å². The molecular weight excluding hydrogens is 226 g/mol. The van der Waals surface area contributed by atoms with Crippen molar-refractivity contribution in [2.45, 2.75) is 26.7 Å². The van der Waals surface area contributed by atoms with Gasteiger partial charge in [-0.15, -0.1) is 0 Å². The third kappa shape index (κ3) is 3.03. The molecule has 3 heteroatoms. The largest absolute Gasteiger partial charge is 0.494 e. The molecule has 1 amide bonds. The van der Waals surface area contributed by atoms with Gasteiger partial charge in [0, 0.05) is 18.7 Å². The molecule has 3 nitrogen and oxygen atoms in total. The highest BCUT2D eigenvalue weighted by Gasteiger charge is 2.21. The van der Waals surface area contributed by atoms with Crippen molar-refractivity contribution in [1.82, 2.24) is 4.90 Å². The van der Waals surface area contributed by atoms with Crippen LogP contribution in [0.5, 0.6) is 5.75 Å². The van der Waals surface area contributed by atoms with Crippen molar-refractivity contribution in [2.75, 3.05) is 19.7 Å². The first kappa shape index (κ1) is 12.9. The van der Waals surface area contributed by atoms with Gasteiger partial charge in [-0.1, -0.05) is 13.0 Å². The van der Waals surface area contributed by atoms with Crippen molar-refractivity contribution >= 4 is 5.91 Å². The second-order valence-corrected chi connectivity index (χ2v) is 4.94. The summed E-state index contributed by atoms with van der Waals surface area (Å²) in [5.74, 6) is 1.64. The van der Waals surface area contributed by atoms with Crippen molar-refractivity contribution in [3.8, 4) is 5.75 Å². The number of hydrogen-bond acceptors (Lipinski definition) is 2. The Bertz CT molecular complexity index is 409. The summed E-state index contributed by atoms with van der Waals surface area (Å²) in [4.78, 5) is 14.3. The second kappa shape index (κ2) is 5.89. The van der Waals surface area contributed by atoms with E-state index in [2.05, 4.69) is 6.92 Å². The maximum Gasteiger partial charge on any atom is 0.253 e. The molecule has 0 radical (unpaired) electrons. The molecule has 0 spiro atoms. The molecule has 1 aliphatic heterocycles. The van der Waals surface area contributed by atoms with Crippen molar-refractivity contribution in [2.24, 2.45) is 5.92 Å². The van der Waals surface area contributed by atoms with Gasteiger partial charge < -0.3 is 9.64 Å². The Morgan fingerprint density at radius 3 is 2.78 bits per heavy atom. The highest BCUT2D eigenvalue weighted by Crippen LogP contribution is 2.20. The summed E-state index contributed by atoms with van der Waals surface area (Å²) in [5.41, 5.74) is 0.732.